The molecule has 0 aliphatic carbocycles. The predicted molar refractivity (Wildman–Crippen MR) is 86.8 cm³/mol. The molecule has 4 nitrogen and oxygen atoms in total. The Balaban J connectivity index is 1.91. The first-order valence-electron chi connectivity index (χ1n) is 7.58. The summed E-state index contributed by atoms with van der Waals surface area (Å²) in [5, 5.41) is 0. The van der Waals surface area contributed by atoms with Crippen molar-refractivity contribution in [3.05, 3.63) is 48.8 Å². The molecule has 0 N–H and O–H groups in total. The smallest absolute Gasteiger partial charge is 0.244 e. The van der Waals surface area contributed by atoms with E-state index < -0.39 is 10.0 Å². The van der Waals surface area contributed by atoms with E-state index in [1.54, 1.807) is 16.6 Å². The highest BCUT2D eigenvalue weighted by Crippen LogP contribution is 2.26. The zero-order valence-corrected chi connectivity index (χ0v) is 13.5. The zero-order valence-electron chi connectivity index (χ0n) is 12.6. The van der Waals surface area contributed by atoms with Crippen molar-refractivity contribution in [2.75, 3.05) is 13.1 Å². The van der Waals surface area contributed by atoms with E-state index in [4.69, 9.17) is 0 Å². The van der Waals surface area contributed by atoms with Crippen molar-refractivity contribution in [1.82, 2.24) is 9.29 Å². The normalized spacial score (nSPS) is 17.5. The second-order valence-corrected chi connectivity index (χ2v) is 7.80. The molecule has 0 saturated carbocycles. The first-order valence-corrected chi connectivity index (χ1v) is 9.02. The minimum Gasteiger partial charge on any atom is -0.263 e. The number of nitrogens with zero attached hydrogens (tertiary/aromatic N) is 2. The lowest BCUT2D eigenvalue weighted by Gasteiger charge is -2.29. The van der Waals surface area contributed by atoms with Crippen molar-refractivity contribution < 1.29 is 8.42 Å². The molecule has 0 spiro atoms. The van der Waals surface area contributed by atoms with Gasteiger partial charge in [0.15, 0.2) is 0 Å². The van der Waals surface area contributed by atoms with Crippen molar-refractivity contribution in [2.24, 2.45) is 5.92 Å². The lowest BCUT2D eigenvalue weighted by molar-refractivity contribution is 0.288. The number of hydrogen-bond donors (Lipinski definition) is 0. The summed E-state index contributed by atoms with van der Waals surface area (Å²) in [4.78, 5) is 4.41. The van der Waals surface area contributed by atoms with Gasteiger partial charge in [0, 0.05) is 31.0 Å². The van der Waals surface area contributed by atoms with Crippen molar-refractivity contribution in [2.45, 2.75) is 24.7 Å². The monoisotopic (exact) mass is 316 g/mol. The van der Waals surface area contributed by atoms with Gasteiger partial charge in [0.25, 0.3) is 0 Å². The van der Waals surface area contributed by atoms with Crippen LogP contribution in [-0.4, -0.2) is 30.8 Å². The van der Waals surface area contributed by atoms with Crippen molar-refractivity contribution >= 4 is 10.0 Å². The lowest BCUT2D eigenvalue weighted by atomic mass is 10.0. The van der Waals surface area contributed by atoms with Gasteiger partial charge < -0.3 is 0 Å². The van der Waals surface area contributed by atoms with Crippen LogP contribution in [0, 0.1) is 5.92 Å². The Hall–Kier alpha value is -1.72. The number of benzene rings is 1. The fourth-order valence-electron chi connectivity index (χ4n) is 2.72. The molecule has 1 aromatic heterocycles. The maximum Gasteiger partial charge on any atom is 0.244 e. The summed E-state index contributed by atoms with van der Waals surface area (Å²) in [6.45, 7) is 3.36. The molecule has 0 unspecified atom stereocenters. The summed E-state index contributed by atoms with van der Waals surface area (Å²) in [7, 11) is -3.45. The molecule has 1 aliphatic rings. The van der Waals surface area contributed by atoms with Gasteiger partial charge in [0.1, 0.15) is 4.90 Å². The Morgan fingerprint density at radius 1 is 1.05 bits per heavy atom. The number of sulfonamides is 1. The summed E-state index contributed by atoms with van der Waals surface area (Å²) in [6.07, 6.45) is 4.99. The van der Waals surface area contributed by atoms with Crippen LogP contribution in [0.5, 0.6) is 0 Å². The highest BCUT2D eigenvalue weighted by molar-refractivity contribution is 7.89. The van der Waals surface area contributed by atoms with Crippen molar-refractivity contribution in [3.63, 3.8) is 0 Å². The Morgan fingerprint density at radius 3 is 2.41 bits per heavy atom. The fourth-order valence-corrected chi connectivity index (χ4v) is 4.18. The maximum absolute atomic E-state index is 12.8. The third kappa shape index (κ3) is 3.05. The third-order valence-electron chi connectivity index (χ3n) is 4.20. The number of rotatable bonds is 3. The zero-order chi connectivity index (χ0) is 15.6. The quantitative estimate of drug-likeness (QED) is 0.874. The SMILES string of the molecule is CC1CCN(S(=O)(=O)c2cncc(-c3ccccc3)c2)CC1. The highest BCUT2D eigenvalue weighted by Gasteiger charge is 2.28. The van der Waals surface area contributed by atoms with Crippen LogP contribution in [0.2, 0.25) is 0 Å². The minimum absolute atomic E-state index is 0.281. The van der Waals surface area contributed by atoms with Crippen LogP contribution < -0.4 is 0 Å². The van der Waals surface area contributed by atoms with E-state index >= 15 is 0 Å². The molecule has 3 rings (SSSR count). The summed E-state index contributed by atoms with van der Waals surface area (Å²) in [6, 6.07) is 11.4. The van der Waals surface area contributed by atoms with E-state index in [9.17, 15) is 8.42 Å². The molecule has 1 aliphatic heterocycles. The molecule has 5 heteroatoms. The predicted octanol–water partition coefficient (Wildman–Crippen LogP) is 3.17. The van der Waals surface area contributed by atoms with Gasteiger partial charge in [-0.2, -0.15) is 4.31 Å². The van der Waals surface area contributed by atoms with Crippen LogP contribution >= 0.6 is 0 Å². The molecular formula is C17H20N2O2S. The number of piperidine rings is 1. The Morgan fingerprint density at radius 2 is 1.73 bits per heavy atom. The second-order valence-electron chi connectivity index (χ2n) is 5.86. The molecule has 1 fully saturated rings. The Labute approximate surface area is 131 Å². The molecule has 1 aromatic carbocycles. The topological polar surface area (TPSA) is 50.3 Å². The average molecular weight is 316 g/mol. The fraction of sp³-hybridized carbons (Fsp3) is 0.353. The van der Waals surface area contributed by atoms with E-state index in [1.165, 1.54) is 6.20 Å². The first kappa shape index (κ1) is 15.2. The van der Waals surface area contributed by atoms with Crippen LogP contribution in [0.1, 0.15) is 19.8 Å². The molecule has 2 aromatic rings. The number of aromatic nitrogens is 1. The van der Waals surface area contributed by atoms with Gasteiger partial charge >= 0.3 is 0 Å². The Bertz CT molecular complexity index is 736. The van der Waals surface area contributed by atoms with Crippen LogP contribution in [0.15, 0.2) is 53.7 Å². The highest BCUT2D eigenvalue weighted by atomic mass is 32.2. The molecule has 22 heavy (non-hydrogen) atoms. The standard InChI is InChI=1S/C17H20N2O2S/c1-14-7-9-19(10-8-14)22(20,21)17-11-16(12-18-13-17)15-5-3-2-4-6-15/h2-6,11-14H,7-10H2,1H3. The van der Waals surface area contributed by atoms with E-state index in [1.807, 2.05) is 30.3 Å². The van der Waals surface area contributed by atoms with Gasteiger partial charge in [0.2, 0.25) is 10.0 Å². The average Bonchev–Trinajstić information content (AvgIpc) is 2.56. The van der Waals surface area contributed by atoms with E-state index in [0.29, 0.717) is 19.0 Å². The van der Waals surface area contributed by atoms with Crippen LogP contribution in [0.4, 0.5) is 0 Å². The molecule has 116 valence electrons. The summed E-state index contributed by atoms with van der Waals surface area (Å²) in [5.41, 5.74) is 1.80. The van der Waals surface area contributed by atoms with Crippen LogP contribution in [0.25, 0.3) is 11.1 Å². The van der Waals surface area contributed by atoms with E-state index in [2.05, 4.69) is 11.9 Å². The Kier molecular flexibility index (Phi) is 4.27. The first-order chi connectivity index (χ1) is 10.6. The number of hydrogen-bond acceptors (Lipinski definition) is 3. The molecular weight excluding hydrogens is 296 g/mol. The van der Waals surface area contributed by atoms with Gasteiger partial charge in [-0.15, -0.1) is 0 Å². The third-order valence-corrected chi connectivity index (χ3v) is 6.06. The second kappa shape index (κ2) is 6.18. The summed E-state index contributed by atoms with van der Waals surface area (Å²) < 4.78 is 27.1. The van der Waals surface area contributed by atoms with E-state index in [0.717, 1.165) is 24.0 Å². The van der Waals surface area contributed by atoms with Crippen LogP contribution in [0.3, 0.4) is 0 Å². The summed E-state index contributed by atoms with van der Waals surface area (Å²) in [5.74, 6) is 0.597. The van der Waals surface area contributed by atoms with Gasteiger partial charge in [-0.25, -0.2) is 8.42 Å². The van der Waals surface area contributed by atoms with Gasteiger partial charge in [-0.3, -0.25) is 4.98 Å². The molecule has 1 saturated heterocycles. The van der Waals surface area contributed by atoms with Crippen LogP contribution in [-0.2, 0) is 10.0 Å². The van der Waals surface area contributed by atoms with Gasteiger partial charge in [0.05, 0.1) is 0 Å². The molecule has 2 heterocycles. The van der Waals surface area contributed by atoms with E-state index in [-0.39, 0.29) is 4.90 Å². The number of pyridine rings is 1. The van der Waals surface area contributed by atoms with Crippen molar-refractivity contribution in [3.8, 4) is 11.1 Å². The molecule has 0 bridgehead atoms. The van der Waals surface area contributed by atoms with Gasteiger partial charge in [-0.05, 0) is 30.4 Å². The molecule has 0 radical (unpaired) electrons. The largest absolute Gasteiger partial charge is 0.263 e. The minimum atomic E-state index is -3.45. The molecule has 0 amide bonds. The summed E-state index contributed by atoms with van der Waals surface area (Å²) >= 11 is 0. The van der Waals surface area contributed by atoms with Crippen molar-refractivity contribution in [1.29, 1.82) is 0 Å². The molecule has 0 atom stereocenters. The van der Waals surface area contributed by atoms with Gasteiger partial charge in [-0.1, -0.05) is 37.3 Å². The maximum atomic E-state index is 12.8. The lowest BCUT2D eigenvalue weighted by Crippen LogP contribution is -2.37.